The maximum atomic E-state index is 12.0. The Balaban J connectivity index is 1.43. The summed E-state index contributed by atoms with van der Waals surface area (Å²) >= 11 is 1.16. The van der Waals surface area contributed by atoms with Gasteiger partial charge in [-0.1, -0.05) is 23.9 Å². The highest BCUT2D eigenvalue weighted by Crippen LogP contribution is 2.30. The number of aromatic nitrogens is 2. The molecule has 0 spiro atoms. The SMILES string of the molecule is O=C(CSc1ncccn1)NNC(=O)[C@H]1COc2ccccc2O1. The molecule has 0 saturated carbocycles. The molecule has 124 valence electrons. The van der Waals surface area contributed by atoms with Crippen LogP contribution >= 0.6 is 11.8 Å². The Kier molecular flexibility index (Phi) is 5.12. The largest absolute Gasteiger partial charge is 0.485 e. The highest BCUT2D eigenvalue weighted by Gasteiger charge is 2.27. The Morgan fingerprint density at radius 3 is 2.67 bits per heavy atom. The molecule has 1 aliphatic heterocycles. The van der Waals surface area contributed by atoms with Crippen LogP contribution in [0.25, 0.3) is 0 Å². The van der Waals surface area contributed by atoms with Gasteiger partial charge in [0.1, 0.15) is 6.61 Å². The molecule has 0 saturated heterocycles. The molecule has 0 bridgehead atoms. The van der Waals surface area contributed by atoms with Gasteiger partial charge >= 0.3 is 0 Å². The number of para-hydroxylation sites is 2. The van der Waals surface area contributed by atoms with Crippen molar-refractivity contribution in [3.8, 4) is 11.5 Å². The molecule has 1 aromatic heterocycles. The third kappa shape index (κ3) is 4.13. The molecule has 24 heavy (non-hydrogen) atoms. The molecule has 0 fully saturated rings. The first-order chi connectivity index (χ1) is 11.7. The molecule has 0 aliphatic carbocycles. The number of carbonyl (C=O) groups is 2. The summed E-state index contributed by atoms with van der Waals surface area (Å²) in [6.45, 7) is 0.0747. The molecule has 9 heteroatoms. The number of nitrogens with zero attached hydrogens (tertiary/aromatic N) is 2. The van der Waals surface area contributed by atoms with Gasteiger partial charge < -0.3 is 9.47 Å². The van der Waals surface area contributed by atoms with E-state index >= 15 is 0 Å². The Hall–Kier alpha value is -2.81. The predicted octanol–water partition coefficient (Wildman–Crippen LogP) is 0.556. The Morgan fingerprint density at radius 1 is 1.12 bits per heavy atom. The summed E-state index contributed by atoms with van der Waals surface area (Å²) in [6, 6.07) is 8.76. The van der Waals surface area contributed by atoms with E-state index in [2.05, 4.69) is 20.8 Å². The van der Waals surface area contributed by atoms with E-state index in [0.29, 0.717) is 16.7 Å². The van der Waals surface area contributed by atoms with Gasteiger partial charge in [0, 0.05) is 12.4 Å². The van der Waals surface area contributed by atoms with Gasteiger partial charge in [0.2, 0.25) is 12.0 Å². The summed E-state index contributed by atoms with van der Waals surface area (Å²) in [7, 11) is 0. The molecule has 0 radical (unpaired) electrons. The molecule has 2 aromatic rings. The third-order valence-corrected chi connectivity index (χ3v) is 3.88. The molecule has 8 nitrogen and oxygen atoms in total. The zero-order chi connectivity index (χ0) is 16.8. The van der Waals surface area contributed by atoms with E-state index in [1.807, 2.05) is 6.07 Å². The van der Waals surface area contributed by atoms with E-state index in [1.165, 1.54) is 0 Å². The number of fused-ring (bicyclic) bond motifs is 1. The molecule has 1 aromatic carbocycles. The van der Waals surface area contributed by atoms with Crippen LogP contribution in [0.5, 0.6) is 11.5 Å². The molecule has 2 heterocycles. The second-order valence-corrected chi connectivity index (χ2v) is 5.66. The van der Waals surface area contributed by atoms with Crippen molar-refractivity contribution in [3.05, 3.63) is 42.7 Å². The van der Waals surface area contributed by atoms with E-state index in [-0.39, 0.29) is 18.3 Å². The smallest absolute Gasteiger partial charge is 0.283 e. The summed E-state index contributed by atoms with van der Waals surface area (Å²) in [5.74, 6) is 0.295. The summed E-state index contributed by atoms with van der Waals surface area (Å²) in [5.41, 5.74) is 4.65. The van der Waals surface area contributed by atoms with Gasteiger partial charge in [0.05, 0.1) is 5.75 Å². The van der Waals surface area contributed by atoms with Crippen molar-refractivity contribution in [2.24, 2.45) is 0 Å². The Labute approximate surface area is 141 Å². The van der Waals surface area contributed by atoms with Gasteiger partial charge in [0.25, 0.3) is 5.91 Å². The van der Waals surface area contributed by atoms with Gasteiger partial charge in [-0.05, 0) is 18.2 Å². The quantitative estimate of drug-likeness (QED) is 0.474. The van der Waals surface area contributed by atoms with Gasteiger partial charge in [-0.3, -0.25) is 20.4 Å². The summed E-state index contributed by atoms with van der Waals surface area (Å²) in [5, 5.41) is 0.486. The maximum Gasteiger partial charge on any atom is 0.283 e. The van der Waals surface area contributed by atoms with E-state index in [9.17, 15) is 9.59 Å². The number of hydrogen-bond acceptors (Lipinski definition) is 7. The third-order valence-electron chi connectivity index (χ3n) is 3.00. The summed E-state index contributed by atoms with van der Waals surface area (Å²) < 4.78 is 11.0. The first kappa shape index (κ1) is 16.1. The fraction of sp³-hybridized carbons (Fsp3) is 0.200. The van der Waals surface area contributed by atoms with Crippen LogP contribution < -0.4 is 20.3 Å². The van der Waals surface area contributed by atoms with Crippen molar-refractivity contribution in [3.63, 3.8) is 0 Å². The van der Waals surface area contributed by atoms with Crippen molar-refractivity contribution >= 4 is 23.6 Å². The maximum absolute atomic E-state index is 12.0. The molecule has 3 rings (SSSR count). The average Bonchev–Trinajstić information content (AvgIpc) is 2.65. The van der Waals surface area contributed by atoms with Crippen molar-refractivity contribution in [2.45, 2.75) is 11.3 Å². The van der Waals surface area contributed by atoms with Crippen molar-refractivity contribution in [2.75, 3.05) is 12.4 Å². The minimum atomic E-state index is -0.828. The van der Waals surface area contributed by atoms with Crippen LogP contribution in [-0.2, 0) is 9.59 Å². The number of rotatable bonds is 4. The molecule has 1 aliphatic rings. The van der Waals surface area contributed by atoms with Crippen LogP contribution in [0.2, 0.25) is 0 Å². The van der Waals surface area contributed by atoms with E-state index < -0.39 is 12.0 Å². The Bertz CT molecular complexity index is 728. The number of hydrazine groups is 1. The van der Waals surface area contributed by atoms with Crippen LogP contribution in [0.3, 0.4) is 0 Å². The van der Waals surface area contributed by atoms with Crippen molar-refractivity contribution in [1.82, 2.24) is 20.8 Å². The number of benzene rings is 1. The average molecular weight is 346 g/mol. The lowest BCUT2D eigenvalue weighted by Crippen LogP contribution is -2.51. The fourth-order valence-electron chi connectivity index (χ4n) is 1.89. The zero-order valence-electron chi connectivity index (χ0n) is 12.5. The van der Waals surface area contributed by atoms with Gasteiger partial charge in [0.15, 0.2) is 16.7 Å². The molecule has 2 amide bonds. The molecule has 1 atom stereocenters. The van der Waals surface area contributed by atoms with E-state index in [4.69, 9.17) is 9.47 Å². The minimum absolute atomic E-state index is 0.0747. The molecule has 0 unspecified atom stereocenters. The zero-order valence-corrected chi connectivity index (χ0v) is 13.3. The first-order valence-corrected chi connectivity index (χ1v) is 8.08. The normalized spacial score (nSPS) is 15.4. The number of nitrogens with one attached hydrogen (secondary N) is 2. The standard InChI is InChI=1S/C15H14N4O4S/c20-13(9-24-15-16-6-3-7-17-15)18-19-14(21)12-8-22-10-4-1-2-5-11(10)23-12/h1-7,12H,8-9H2,(H,18,20)(H,19,21)/t12-/m1/s1. The number of amides is 2. The second kappa shape index (κ2) is 7.64. The Morgan fingerprint density at radius 2 is 1.88 bits per heavy atom. The number of ether oxygens (including phenoxy) is 2. The monoisotopic (exact) mass is 346 g/mol. The lowest BCUT2D eigenvalue weighted by Gasteiger charge is -2.25. The van der Waals surface area contributed by atoms with E-state index in [0.717, 1.165) is 11.8 Å². The first-order valence-electron chi connectivity index (χ1n) is 7.09. The van der Waals surface area contributed by atoms with E-state index in [1.54, 1.807) is 36.7 Å². The van der Waals surface area contributed by atoms with Gasteiger partial charge in [-0.25, -0.2) is 9.97 Å². The van der Waals surface area contributed by atoms with Crippen LogP contribution in [0.15, 0.2) is 47.9 Å². The van der Waals surface area contributed by atoms with Crippen LogP contribution in [0, 0.1) is 0 Å². The number of carbonyl (C=O) groups excluding carboxylic acids is 2. The second-order valence-electron chi connectivity index (χ2n) is 4.72. The predicted molar refractivity (Wildman–Crippen MR) is 85.4 cm³/mol. The topological polar surface area (TPSA) is 102 Å². The summed E-state index contributed by atoms with van der Waals surface area (Å²) in [4.78, 5) is 31.7. The van der Waals surface area contributed by atoms with Crippen LogP contribution in [0.4, 0.5) is 0 Å². The fourth-order valence-corrected chi connectivity index (χ4v) is 2.49. The lowest BCUT2D eigenvalue weighted by atomic mass is 10.2. The molecular weight excluding hydrogens is 332 g/mol. The highest BCUT2D eigenvalue weighted by molar-refractivity contribution is 7.99. The van der Waals surface area contributed by atoms with Crippen molar-refractivity contribution < 1.29 is 19.1 Å². The highest BCUT2D eigenvalue weighted by atomic mass is 32.2. The lowest BCUT2D eigenvalue weighted by molar-refractivity contribution is -0.134. The summed E-state index contributed by atoms with van der Waals surface area (Å²) in [6.07, 6.45) is 2.35. The molecule has 2 N–H and O–H groups in total. The number of thioether (sulfide) groups is 1. The van der Waals surface area contributed by atoms with Crippen LogP contribution in [-0.4, -0.2) is 40.2 Å². The van der Waals surface area contributed by atoms with Crippen LogP contribution in [0.1, 0.15) is 0 Å². The van der Waals surface area contributed by atoms with Gasteiger partial charge in [-0.15, -0.1) is 0 Å². The van der Waals surface area contributed by atoms with Crippen molar-refractivity contribution in [1.29, 1.82) is 0 Å². The van der Waals surface area contributed by atoms with Gasteiger partial charge in [-0.2, -0.15) is 0 Å². The number of hydrogen-bond donors (Lipinski definition) is 2. The minimum Gasteiger partial charge on any atom is -0.485 e. The molecular formula is C15H14N4O4S.